The van der Waals surface area contributed by atoms with Gasteiger partial charge in [-0.1, -0.05) is 11.6 Å². The van der Waals surface area contributed by atoms with E-state index in [-0.39, 0.29) is 6.10 Å². The Morgan fingerprint density at radius 2 is 2.38 bits per heavy atom. The van der Waals surface area contributed by atoms with Crippen LogP contribution in [0, 0.1) is 0 Å². The summed E-state index contributed by atoms with van der Waals surface area (Å²) < 4.78 is 10.2. The molecule has 0 bridgehead atoms. The zero-order valence-electron chi connectivity index (χ0n) is 8.32. The van der Waals surface area contributed by atoms with Crippen molar-refractivity contribution in [2.75, 3.05) is 13.4 Å². The van der Waals surface area contributed by atoms with Gasteiger partial charge in [-0.15, -0.1) is 0 Å². The van der Waals surface area contributed by atoms with E-state index >= 15 is 0 Å². The average molecular weight is 186 g/mol. The van der Waals surface area contributed by atoms with Crippen LogP contribution in [-0.2, 0) is 9.47 Å². The van der Waals surface area contributed by atoms with Crippen LogP contribution in [-0.4, -0.2) is 30.7 Å². The summed E-state index contributed by atoms with van der Waals surface area (Å²) in [6, 6.07) is 0. The van der Waals surface area contributed by atoms with E-state index in [0.29, 0.717) is 13.4 Å². The molecule has 1 saturated heterocycles. The van der Waals surface area contributed by atoms with Crippen LogP contribution in [0.2, 0.25) is 0 Å². The molecule has 0 aromatic heterocycles. The Kier molecular flexibility index (Phi) is 4.42. The Hall–Kier alpha value is -0.380. The van der Waals surface area contributed by atoms with Crippen molar-refractivity contribution in [3.05, 3.63) is 11.6 Å². The highest BCUT2D eigenvalue weighted by Gasteiger charge is 2.23. The van der Waals surface area contributed by atoms with Crippen molar-refractivity contribution in [3.8, 4) is 0 Å². The topological polar surface area (TPSA) is 38.7 Å². The Bertz CT molecular complexity index is 167. The molecule has 0 aromatic rings. The second-order valence-electron chi connectivity index (χ2n) is 3.62. The molecule has 1 rings (SSSR count). The molecule has 76 valence electrons. The summed E-state index contributed by atoms with van der Waals surface area (Å²) in [4.78, 5) is 0. The highest BCUT2D eigenvalue weighted by Crippen LogP contribution is 2.12. The van der Waals surface area contributed by atoms with E-state index in [1.54, 1.807) is 0 Å². The summed E-state index contributed by atoms with van der Waals surface area (Å²) in [5, 5.41) is 9.63. The van der Waals surface area contributed by atoms with E-state index in [1.807, 2.05) is 0 Å². The van der Waals surface area contributed by atoms with Gasteiger partial charge >= 0.3 is 0 Å². The molecule has 0 saturated carbocycles. The van der Waals surface area contributed by atoms with Crippen LogP contribution in [0.25, 0.3) is 0 Å². The molecule has 1 N–H and O–H groups in total. The van der Waals surface area contributed by atoms with Gasteiger partial charge in [0.1, 0.15) is 12.9 Å². The number of hydrogen-bond donors (Lipinski definition) is 1. The second-order valence-corrected chi connectivity index (χ2v) is 3.62. The van der Waals surface area contributed by atoms with Gasteiger partial charge in [-0.3, -0.25) is 0 Å². The summed E-state index contributed by atoms with van der Waals surface area (Å²) in [7, 11) is 0. The number of rotatable bonds is 4. The third kappa shape index (κ3) is 3.89. The molecule has 0 radical (unpaired) electrons. The molecule has 3 heteroatoms. The zero-order valence-corrected chi connectivity index (χ0v) is 8.32. The van der Waals surface area contributed by atoms with Gasteiger partial charge in [0.15, 0.2) is 0 Å². The summed E-state index contributed by atoms with van der Waals surface area (Å²) in [6.45, 7) is 4.96. The van der Waals surface area contributed by atoms with E-state index in [0.717, 1.165) is 12.8 Å². The zero-order chi connectivity index (χ0) is 9.68. The monoisotopic (exact) mass is 186 g/mol. The average Bonchev–Trinajstić information content (AvgIpc) is 2.55. The highest BCUT2D eigenvalue weighted by atomic mass is 16.7. The van der Waals surface area contributed by atoms with E-state index in [4.69, 9.17) is 9.47 Å². The van der Waals surface area contributed by atoms with Crippen LogP contribution in [0.5, 0.6) is 0 Å². The number of aliphatic hydroxyl groups excluding tert-OH is 1. The fraction of sp³-hybridized carbons (Fsp3) is 0.800. The lowest BCUT2D eigenvalue weighted by molar-refractivity contribution is -0.0122. The van der Waals surface area contributed by atoms with Gasteiger partial charge in [-0.25, -0.2) is 0 Å². The largest absolute Gasteiger partial charge is 0.390 e. The quantitative estimate of drug-likeness (QED) is 0.676. The van der Waals surface area contributed by atoms with Gasteiger partial charge in [0, 0.05) is 0 Å². The standard InChI is InChI=1S/C10H18O3/c1-8(2)4-3-5-9(11)10-6-12-7-13-10/h4,9-11H,3,5-7H2,1-2H3/t9?,10-/m1/s1. The van der Waals surface area contributed by atoms with Crippen LogP contribution in [0.1, 0.15) is 26.7 Å². The van der Waals surface area contributed by atoms with Crippen molar-refractivity contribution in [1.29, 1.82) is 0 Å². The lowest BCUT2D eigenvalue weighted by Gasteiger charge is -2.14. The lowest BCUT2D eigenvalue weighted by Crippen LogP contribution is -2.27. The van der Waals surface area contributed by atoms with Crippen LogP contribution in [0.15, 0.2) is 11.6 Å². The van der Waals surface area contributed by atoms with E-state index in [9.17, 15) is 5.11 Å². The van der Waals surface area contributed by atoms with Crippen molar-refractivity contribution >= 4 is 0 Å². The van der Waals surface area contributed by atoms with Gasteiger partial charge in [-0.2, -0.15) is 0 Å². The Labute approximate surface area is 79.3 Å². The summed E-state index contributed by atoms with van der Waals surface area (Å²) in [5.41, 5.74) is 1.29. The summed E-state index contributed by atoms with van der Waals surface area (Å²) in [6.07, 6.45) is 3.27. The van der Waals surface area contributed by atoms with Crippen LogP contribution in [0.3, 0.4) is 0 Å². The summed E-state index contributed by atoms with van der Waals surface area (Å²) in [5.74, 6) is 0. The predicted molar refractivity (Wildman–Crippen MR) is 50.4 cm³/mol. The van der Waals surface area contributed by atoms with Crippen molar-refractivity contribution in [3.63, 3.8) is 0 Å². The van der Waals surface area contributed by atoms with Crippen LogP contribution < -0.4 is 0 Å². The molecule has 13 heavy (non-hydrogen) atoms. The van der Waals surface area contributed by atoms with Gasteiger partial charge < -0.3 is 14.6 Å². The first-order valence-electron chi connectivity index (χ1n) is 4.71. The Morgan fingerprint density at radius 3 is 2.92 bits per heavy atom. The minimum atomic E-state index is -0.391. The fourth-order valence-corrected chi connectivity index (χ4v) is 1.30. The normalized spacial score (nSPS) is 24.4. The first-order chi connectivity index (χ1) is 6.20. The number of allylic oxidation sites excluding steroid dienone is 2. The molecule has 1 heterocycles. The van der Waals surface area contributed by atoms with Gasteiger partial charge in [0.2, 0.25) is 0 Å². The molecule has 0 aromatic carbocycles. The molecular weight excluding hydrogens is 168 g/mol. The van der Waals surface area contributed by atoms with Crippen LogP contribution >= 0.6 is 0 Å². The van der Waals surface area contributed by atoms with E-state index in [2.05, 4.69) is 19.9 Å². The minimum absolute atomic E-state index is 0.120. The van der Waals surface area contributed by atoms with Crippen LogP contribution in [0.4, 0.5) is 0 Å². The predicted octanol–water partition coefficient (Wildman–Crippen LogP) is 1.47. The van der Waals surface area contributed by atoms with Crippen molar-refractivity contribution < 1.29 is 14.6 Å². The summed E-state index contributed by atoms with van der Waals surface area (Å²) >= 11 is 0. The van der Waals surface area contributed by atoms with Gasteiger partial charge in [0.25, 0.3) is 0 Å². The molecule has 0 spiro atoms. The number of ether oxygens (including phenoxy) is 2. The molecule has 1 aliphatic rings. The maximum Gasteiger partial charge on any atom is 0.147 e. The second kappa shape index (κ2) is 5.37. The fourth-order valence-electron chi connectivity index (χ4n) is 1.30. The van der Waals surface area contributed by atoms with Gasteiger partial charge in [0.05, 0.1) is 12.7 Å². The molecule has 1 unspecified atom stereocenters. The maximum absolute atomic E-state index is 9.63. The lowest BCUT2D eigenvalue weighted by atomic mass is 10.1. The number of hydrogen-bond acceptors (Lipinski definition) is 3. The van der Waals surface area contributed by atoms with Crippen molar-refractivity contribution in [1.82, 2.24) is 0 Å². The first kappa shape index (κ1) is 10.7. The third-order valence-corrected chi connectivity index (χ3v) is 2.09. The molecule has 0 aliphatic carbocycles. The first-order valence-corrected chi connectivity index (χ1v) is 4.71. The Morgan fingerprint density at radius 1 is 1.62 bits per heavy atom. The smallest absolute Gasteiger partial charge is 0.147 e. The van der Waals surface area contributed by atoms with Crippen molar-refractivity contribution in [2.45, 2.75) is 38.9 Å². The maximum atomic E-state index is 9.63. The van der Waals surface area contributed by atoms with Crippen molar-refractivity contribution in [2.24, 2.45) is 0 Å². The molecule has 1 fully saturated rings. The van der Waals surface area contributed by atoms with E-state index < -0.39 is 6.10 Å². The van der Waals surface area contributed by atoms with E-state index in [1.165, 1.54) is 5.57 Å². The molecule has 1 aliphatic heterocycles. The highest BCUT2D eigenvalue weighted by molar-refractivity contribution is 4.93. The number of aliphatic hydroxyl groups is 1. The van der Waals surface area contributed by atoms with Gasteiger partial charge in [-0.05, 0) is 26.7 Å². The molecular formula is C10H18O3. The molecule has 0 amide bonds. The molecule has 3 nitrogen and oxygen atoms in total. The Balaban J connectivity index is 2.16. The third-order valence-electron chi connectivity index (χ3n) is 2.09. The minimum Gasteiger partial charge on any atom is -0.390 e. The SMILES string of the molecule is CC(C)=CCCC(O)[C@H]1COCO1. The molecule has 2 atom stereocenters.